The van der Waals surface area contributed by atoms with Crippen LogP contribution in [0.1, 0.15) is 0 Å². The Labute approximate surface area is 223 Å². The number of ether oxygens (including phenoxy) is 1. The third-order valence-corrected chi connectivity index (χ3v) is 5.68. The van der Waals surface area contributed by atoms with Crippen molar-refractivity contribution in [2.45, 2.75) is 24.4 Å². The fraction of sp³-hybridized carbons (Fsp3) is 0.333. The van der Waals surface area contributed by atoms with Crippen LogP contribution in [0.4, 0.5) is 11.4 Å². The molecule has 15 heteroatoms. The Morgan fingerprint density at radius 2 is 1.67 bits per heavy atom. The Bertz CT molecular complexity index is 1380. The van der Waals surface area contributed by atoms with Crippen molar-refractivity contribution in [1.82, 2.24) is 5.32 Å². The van der Waals surface area contributed by atoms with E-state index in [1.165, 1.54) is 12.1 Å². The molecule has 0 fully saturated rings. The van der Waals surface area contributed by atoms with E-state index in [2.05, 4.69) is 15.4 Å². The number of carbonyl (C=O) groups excluding carboxylic acids is 1. The quantitative estimate of drug-likeness (QED) is 0.125. The molecular formula is C24H31N3O11S. The molecule has 0 saturated carbocycles. The molecule has 0 saturated heterocycles. The Kier molecular flexibility index (Phi) is 11.8. The fourth-order valence-corrected chi connectivity index (χ4v) is 3.75. The van der Waals surface area contributed by atoms with E-state index in [-0.39, 0.29) is 34.6 Å². The standard InChI is InChI=1S/C17H14N2O6S.C7H17NO5/c1-26(22,23)19-13-8-15-12(17(21)14(9-24-15)18-10-20)7-16(13)25-11-5-3-2-4-6-11;1-8-2-4(10)6(12)7(13)5(11)3-9/h2-10,19H,1H3,(H,18,20);4-13H,2-3H2,1H3. The first-order chi connectivity index (χ1) is 18.4. The zero-order valence-electron chi connectivity index (χ0n) is 21.0. The van der Waals surface area contributed by atoms with E-state index in [9.17, 15) is 23.1 Å². The molecule has 0 aliphatic carbocycles. The maximum Gasteiger partial charge on any atom is 0.229 e. The summed E-state index contributed by atoms with van der Waals surface area (Å²) in [4.78, 5) is 23.0. The van der Waals surface area contributed by atoms with Crippen molar-refractivity contribution in [1.29, 1.82) is 0 Å². The summed E-state index contributed by atoms with van der Waals surface area (Å²) in [5, 5.41) is 49.9. The molecule has 4 atom stereocenters. The zero-order chi connectivity index (χ0) is 29.2. The molecule has 1 aromatic heterocycles. The summed E-state index contributed by atoms with van der Waals surface area (Å²) < 4.78 is 36.7. The van der Waals surface area contributed by atoms with Gasteiger partial charge in [0.2, 0.25) is 21.9 Å². The van der Waals surface area contributed by atoms with Gasteiger partial charge in [0.25, 0.3) is 0 Å². The Balaban J connectivity index is 0.000000349. The van der Waals surface area contributed by atoms with E-state index in [0.29, 0.717) is 12.2 Å². The normalized spacial score (nSPS) is 14.3. The number of aliphatic hydroxyl groups is 5. The number of amides is 1. The molecule has 14 nitrogen and oxygen atoms in total. The van der Waals surface area contributed by atoms with Crippen LogP contribution in [-0.4, -0.2) is 91.2 Å². The van der Waals surface area contributed by atoms with Crippen LogP contribution in [-0.2, 0) is 14.8 Å². The Morgan fingerprint density at radius 3 is 2.23 bits per heavy atom. The van der Waals surface area contributed by atoms with Gasteiger partial charge < -0.3 is 45.3 Å². The lowest BCUT2D eigenvalue weighted by Crippen LogP contribution is -2.48. The molecule has 1 heterocycles. The van der Waals surface area contributed by atoms with Crippen molar-refractivity contribution in [2.75, 3.05) is 36.5 Å². The van der Waals surface area contributed by atoms with Crippen molar-refractivity contribution >= 4 is 38.8 Å². The summed E-state index contributed by atoms with van der Waals surface area (Å²) in [7, 11) is -2.02. The maximum atomic E-state index is 12.4. The van der Waals surface area contributed by atoms with Crippen molar-refractivity contribution < 1.29 is 47.9 Å². The minimum atomic E-state index is -3.60. The highest BCUT2D eigenvalue weighted by molar-refractivity contribution is 7.92. The van der Waals surface area contributed by atoms with Gasteiger partial charge in [0.05, 0.1) is 30.0 Å². The molecule has 39 heavy (non-hydrogen) atoms. The molecule has 0 aliphatic rings. The van der Waals surface area contributed by atoms with Crippen molar-refractivity contribution in [3.8, 4) is 11.5 Å². The molecular weight excluding hydrogens is 538 g/mol. The number of benzene rings is 2. The Hall–Kier alpha value is -3.57. The summed E-state index contributed by atoms with van der Waals surface area (Å²) in [6.45, 7) is -0.569. The molecule has 3 rings (SSSR count). The number of anilines is 2. The van der Waals surface area contributed by atoms with E-state index in [1.54, 1.807) is 37.4 Å². The first-order valence-corrected chi connectivity index (χ1v) is 13.3. The third-order valence-electron chi connectivity index (χ3n) is 5.09. The van der Waals surface area contributed by atoms with Crippen LogP contribution in [0.25, 0.3) is 11.0 Å². The number of para-hydroxylation sites is 1. The van der Waals surface area contributed by atoms with Crippen molar-refractivity contribution in [2.24, 2.45) is 0 Å². The molecule has 4 unspecified atom stereocenters. The molecule has 0 spiro atoms. The number of rotatable bonds is 12. The average molecular weight is 570 g/mol. The highest BCUT2D eigenvalue weighted by atomic mass is 32.2. The molecule has 1 amide bonds. The van der Waals surface area contributed by atoms with Gasteiger partial charge in [0.1, 0.15) is 41.6 Å². The lowest BCUT2D eigenvalue weighted by molar-refractivity contribution is -0.113. The largest absolute Gasteiger partial charge is 0.462 e. The summed E-state index contributed by atoms with van der Waals surface area (Å²) >= 11 is 0. The summed E-state index contributed by atoms with van der Waals surface area (Å²) in [5.74, 6) is 0.569. The smallest absolute Gasteiger partial charge is 0.229 e. The number of carbonyl (C=O) groups is 1. The van der Waals surface area contributed by atoms with E-state index in [1.807, 2.05) is 0 Å². The highest BCUT2D eigenvalue weighted by Gasteiger charge is 2.29. The number of aliphatic hydroxyl groups excluding tert-OH is 5. The van der Waals surface area contributed by atoms with Crippen molar-refractivity contribution in [3.05, 3.63) is 59.0 Å². The minimum absolute atomic E-state index is 0.0398. The summed E-state index contributed by atoms with van der Waals surface area (Å²) in [5.41, 5.74) is -0.273. The predicted molar refractivity (Wildman–Crippen MR) is 142 cm³/mol. The monoisotopic (exact) mass is 569 g/mol. The number of sulfonamides is 1. The molecule has 0 radical (unpaired) electrons. The second-order valence-corrected chi connectivity index (χ2v) is 9.98. The van der Waals surface area contributed by atoms with Crippen LogP contribution in [0, 0.1) is 0 Å². The maximum absolute atomic E-state index is 12.4. The van der Waals surface area contributed by atoms with Crippen LogP contribution in [0.2, 0.25) is 0 Å². The molecule has 8 N–H and O–H groups in total. The van der Waals surface area contributed by atoms with Gasteiger partial charge in [-0.05, 0) is 25.2 Å². The molecule has 0 aliphatic heterocycles. The highest BCUT2D eigenvalue weighted by Crippen LogP contribution is 2.34. The van der Waals surface area contributed by atoms with E-state index in [4.69, 9.17) is 29.6 Å². The average Bonchev–Trinajstić information content (AvgIpc) is 2.90. The van der Waals surface area contributed by atoms with Gasteiger partial charge >= 0.3 is 0 Å². The second kappa shape index (κ2) is 14.5. The molecule has 214 valence electrons. The number of likely N-dealkylation sites (N-methyl/N-ethyl adjacent to an activating group) is 1. The first kappa shape index (κ1) is 31.6. The minimum Gasteiger partial charge on any atom is -0.462 e. The first-order valence-electron chi connectivity index (χ1n) is 11.4. The van der Waals surface area contributed by atoms with Gasteiger partial charge in [-0.2, -0.15) is 0 Å². The third kappa shape index (κ3) is 9.29. The topological polar surface area (TPSA) is 228 Å². The van der Waals surface area contributed by atoms with Crippen LogP contribution >= 0.6 is 0 Å². The van der Waals surface area contributed by atoms with Gasteiger partial charge in [-0.1, -0.05) is 18.2 Å². The SMILES string of the molecule is CNCC(O)C(O)C(O)C(O)CO.CS(=O)(=O)Nc1cc2occ(NC=O)c(=O)c2cc1Oc1ccccc1. The van der Waals surface area contributed by atoms with Gasteiger partial charge in [-0.3, -0.25) is 14.3 Å². The van der Waals surface area contributed by atoms with Crippen molar-refractivity contribution in [3.63, 3.8) is 0 Å². The van der Waals surface area contributed by atoms with Crippen LogP contribution in [0.15, 0.2) is 57.9 Å². The second-order valence-electron chi connectivity index (χ2n) is 8.23. The fourth-order valence-electron chi connectivity index (χ4n) is 3.19. The molecule has 3 aromatic rings. The predicted octanol–water partition coefficient (Wildman–Crippen LogP) is -0.833. The van der Waals surface area contributed by atoms with Gasteiger partial charge in [0.15, 0.2) is 5.75 Å². The number of fused-ring (bicyclic) bond motifs is 1. The van der Waals surface area contributed by atoms with E-state index >= 15 is 0 Å². The van der Waals surface area contributed by atoms with E-state index in [0.717, 1.165) is 12.5 Å². The molecule has 2 aromatic carbocycles. The van der Waals surface area contributed by atoms with Gasteiger partial charge in [0, 0.05) is 12.6 Å². The lowest BCUT2D eigenvalue weighted by Gasteiger charge is -2.25. The number of hydrogen-bond donors (Lipinski definition) is 8. The van der Waals surface area contributed by atoms with Crippen LogP contribution in [0.5, 0.6) is 11.5 Å². The summed E-state index contributed by atoms with van der Waals surface area (Å²) in [6.07, 6.45) is -3.21. The van der Waals surface area contributed by atoms with Crippen LogP contribution < -0.4 is 25.5 Å². The Morgan fingerprint density at radius 1 is 1.03 bits per heavy atom. The lowest BCUT2D eigenvalue weighted by atomic mass is 10.0. The molecule has 0 bridgehead atoms. The summed E-state index contributed by atoms with van der Waals surface area (Å²) in [6, 6.07) is 11.4. The van der Waals surface area contributed by atoms with E-state index < -0.39 is 46.5 Å². The van der Waals surface area contributed by atoms with Gasteiger partial charge in [-0.15, -0.1) is 0 Å². The number of nitrogens with one attached hydrogen (secondary N) is 3. The van der Waals surface area contributed by atoms with Gasteiger partial charge in [-0.25, -0.2) is 8.42 Å². The van der Waals surface area contributed by atoms with Crippen LogP contribution in [0.3, 0.4) is 0 Å². The zero-order valence-corrected chi connectivity index (χ0v) is 21.8. The number of hydrogen-bond acceptors (Lipinski definition) is 12.